The fourth-order valence-electron chi connectivity index (χ4n) is 4.52. The van der Waals surface area contributed by atoms with Crippen LogP contribution in [-0.4, -0.2) is 22.3 Å². The Morgan fingerprint density at radius 1 is 0.889 bits per heavy atom. The maximum absolute atomic E-state index is 13.8. The lowest BCUT2D eigenvalue weighted by Crippen LogP contribution is -2.73. The zero-order valence-electron chi connectivity index (χ0n) is 15.8. The highest BCUT2D eigenvalue weighted by Crippen LogP contribution is 2.41. The Morgan fingerprint density at radius 2 is 1.48 bits per heavy atom. The van der Waals surface area contributed by atoms with Crippen molar-refractivity contribution in [1.82, 2.24) is 10.2 Å². The highest BCUT2D eigenvalue weighted by molar-refractivity contribution is 6.02. The van der Waals surface area contributed by atoms with E-state index in [9.17, 15) is 9.59 Å². The average Bonchev–Trinajstić information content (AvgIpc) is 2.72. The number of benzene rings is 2. The second-order valence-corrected chi connectivity index (χ2v) is 7.91. The van der Waals surface area contributed by atoms with Crippen LogP contribution in [0.15, 0.2) is 60.7 Å². The summed E-state index contributed by atoms with van der Waals surface area (Å²) in [5.74, 6) is -0.0249. The van der Waals surface area contributed by atoms with E-state index in [1.54, 1.807) is 0 Å². The van der Waals surface area contributed by atoms with Gasteiger partial charge in [0.1, 0.15) is 11.1 Å². The minimum absolute atomic E-state index is 0.0528. The number of carbonyl (C=O) groups is 2. The first-order chi connectivity index (χ1) is 13.1. The van der Waals surface area contributed by atoms with Crippen LogP contribution in [0.2, 0.25) is 0 Å². The minimum Gasteiger partial charge on any atom is -0.339 e. The van der Waals surface area contributed by atoms with Gasteiger partial charge in [-0.05, 0) is 30.9 Å². The lowest BCUT2D eigenvalue weighted by atomic mass is 9.74. The summed E-state index contributed by atoms with van der Waals surface area (Å²) in [6.45, 7) is 2.30. The maximum Gasteiger partial charge on any atom is 0.251 e. The third-order valence-corrected chi connectivity index (χ3v) is 6.22. The van der Waals surface area contributed by atoms with Crippen LogP contribution in [0.3, 0.4) is 0 Å². The first-order valence-corrected chi connectivity index (χ1v) is 9.80. The average molecular weight is 362 g/mol. The predicted octanol–water partition coefficient (Wildman–Crippen LogP) is 3.76. The summed E-state index contributed by atoms with van der Waals surface area (Å²) in [6, 6.07) is 19.6. The first kappa shape index (κ1) is 17.8. The molecule has 1 aliphatic carbocycles. The number of nitrogens with zero attached hydrogens (tertiary/aromatic N) is 1. The van der Waals surface area contributed by atoms with E-state index in [4.69, 9.17) is 0 Å². The molecule has 1 saturated carbocycles. The van der Waals surface area contributed by atoms with Gasteiger partial charge in [-0.3, -0.25) is 9.59 Å². The van der Waals surface area contributed by atoms with E-state index in [0.29, 0.717) is 6.54 Å². The van der Waals surface area contributed by atoms with Crippen LogP contribution in [0.4, 0.5) is 0 Å². The minimum atomic E-state index is -1.02. The van der Waals surface area contributed by atoms with E-state index in [0.717, 1.165) is 43.2 Å². The third-order valence-electron chi connectivity index (χ3n) is 6.22. The fourth-order valence-corrected chi connectivity index (χ4v) is 4.52. The number of carbonyl (C=O) groups excluding carboxylic acids is 2. The zero-order chi connectivity index (χ0) is 18.9. The van der Waals surface area contributed by atoms with Crippen molar-refractivity contribution in [3.63, 3.8) is 0 Å². The van der Waals surface area contributed by atoms with E-state index < -0.39 is 11.1 Å². The van der Waals surface area contributed by atoms with Crippen LogP contribution in [-0.2, 0) is 21.7 Å². The van der Waals surface area contributed by atoms with Gasteiger partial charge in [-0.15, -0.1) is 0 Å². The molecule has 0 aromatic heterocycles. The van der Waals surface area contributed by atoms with Gasteiger partial charge in [0.05, 0.1) is 0 Å². The Morgan fingerprint density at radius 3 is 2.11 bits per heavy atom. The van der Waals surface area contributed by atoms with E-state index in [1.807, 2.05) is 72.5 Å². The van der Waals surface area contributed by atoms with Gasteiger partial charge in [-0.1, -0.05) is 79.9 Å². The van der Waals surface area contributed by atoms with Crippen LogP contribution >= 0.6 is 0 Å². The molecule has 1 atom stereocenters. The molecule has 1 saturated heterocycles. The van der Waals surface area contributed by atoms with Gasteiger partial charge in [0, 0.05) is 6.54 Å². The normalized spacial score (nSPS) is 24.7. The summed E-state index contributed by atoms with van der Waals surface area (Å²) >= 11 is 0. The number of amides is 2. The van der Waals surface area contributed by atoms with Crippen LogP contribution in [0.1, 0.15) is 50.2 Å². The molecule has 1 heterocycles. The van der Waals surface area contributed by atoms with Crippen LogP contribution in [0.5, 0.6) is 0 Å². The van der Waals surface area contributed by atoms with E-state index in [-0.39, 0.29) is 11.8 Å². The largest absolute Gasteiger partial charge is 0.339 e. The highest BCUT2D eigenvalue weighted by atomic mass is 16.2. The molecule has 4 heteroatoms. The maximum atomic E-state index is 13.8. The smallest absolute Gasteiger partial charge is 0.251 e. The highest BCUT2D eigenvalue weighted by Gasteiger charge is 2.57. The van der Waals surface area contributed by atoms with Crippen LogP contribution in [0, 0.1) is 0 Å². The molecule has 4 nitrogen and oxygen atoms in total. The van der Waals surface area contributed by atoms with Gasteiger partial charge in [0.25, 0.3) is 5.91 Å². The lowest BCUT2D eigenvalue weighted by Gasteiger charge is -2.52. The molecule has 2 aliphatic rings. The van der Waals surface area contributed by atoms with Crippen LogP contribution < -0.4 is 5.32 Å². The Balaban J connectivity index is 1.79. The van der Waals surface area contributed by atoms with Crippen molar-refractivity contribution in [2.45, 2.75) is 56.7 Å². The van der Waals surface area contributed by atoms with Crippen molar-refractivity contribution in [1.29, 1.82) is 0 Å². The second-order valence-electron chi connectivity index (χ2n) is 7.91. The summed E-state index contributed by atoms with van der Waals surface area (Å²) < 4.78 is 0. The van der Waals surface area contributed by atoms with Crippen LogP contribution in [0.25, 0.3) is 0 Å². The second kappa shape index (κ2) is 6.84. The molecule has 1 aliphatic heterocycles. The van der Waals surface area contributed by atoms with Gasteiger partial charge >= 0.3 is 0 Å². The summed E-state index contributed by atoms with van der Waals surface area (Å²) in [5.41, 5.74) is 0.126. The lowest BCUT2D eigenvalue weighted by molar-refractivity contribution is -0.165. The molecular weight excluding hydrogens is 336 g/mol. The Bertz CT molecular complexity index is 828. The zero-order valence-corrected chi connectivity index (χ0v) is 15.8. The Hall–Kier alpha value is -2.62. The number of hydrogen-bond donors (Lipinski definition) is 1. The summed E-state index contributed by atoms with van der Waals surface area (Å²) in [5, 5.41) is 3.16. The molecule has 2 amide bonds. The topological polar surface area (TPSA) is 49.4 Å². The quantitative estimate of drug-likeness (QED) is 0.904. The van der Waals surface area contributed by atoms with Crippen molar-refractivity contribution in [2.75, 3.05) is 0 Å². The van der Waals surface area contributed by atoms with E-state index >= 15 is 0 Å². The molecule has 2 aromatic rings. The molecule has 1 unspecified atom stereocenters. The molecule has 1 spiro atoms. The molecule has 1 N–H and O–H groups in total. The summed E-state index contributed by atoms with van der Waals surface area (Å²) in [7, 11) is 0. The monoisotopic (exact) mass is 362 g/mol. The fraction of sp³-hybridized carbons (Fsp3) is 0.391. The SMILES string of the molecule is CC1(c2ccccc2)C(=O)NC2(CCCCC2)C(=O)N1Cc1ccccc1. The summed E-state index contributed by atoms with van der Waals surface area (Å²) in [4.78, 5) is 29.0. The number of rotatable bonds is 3. The molecule has 4 rings (SSSR count). The number of piperazine rings is 1. The van der Waals surface area contributed by atoms with Crippen molar-refractivity contribution < 1.29 is 9.59 Å². The third kappa shape index (κ3) is 2.93. The van der Waals surface area contributed by atoms with Crippen molar-refractivity contribution in [3.05, 3.63) is 71.8 Å². The van der Waals surface area contributed by atoms with Crippen molar-refractivity contribution in [2.24, 2.45) is 0 Å². The van der Waals surface area contributed by atoms with E-state index in [2.05, 4.69) is 5.32 Å². The Labute approximate surface area is 160 Å². The Kier molecular flexibility index (Phi) is 4.50. The molecule has 2 aromatic carbocycles. The van der Waals surface area contributed by atoms with Gasteiger partial charge < -0.3 is 10.2 Å². The van der Waals surface area contributed by atoms with Gasteiger partial charge in [0.15, 0.2) is 0 Å². The van der Waals surface area contributed by atoms with Gasteiger partial charge in [-0.25, -0.2) is 0 Å². The molecular formula is C23H26N2O2. The first-order valence-electron chi connectivity index (χ1n) is 9.80. The number of hydrogen-bond acceptors (Lipinski definition) is 2. The predicted molar refractivity (Wildman–Crippen MR) is 105 cm³/mol. The molecule has 2 fully saturated rings. The van der Waals surface area contributed by atoms with E-state index in [1.165, 1.54) is 0 Å². The standard InChI is InChI=1S/C23H26N2O2/c1-22(19-13-7-3-8-14-19)20(26)24-23(15-9-4-10-16-23)21(27)25(22)17-18-11-5-2-6-12-18/h2-3,5-8,11-14H,4,9-10,15-17H2,1H3,(H,24,26). The molecule has 0 bridgehead atoms. The summed E-state index contributed by atoms with van der Waals surface area (Å²) in [6.07, 6.45) is 4.54. The molecule has 0 radical (unpaired) electrons. The van der Waals surface area contributed by atoms with Gasteiger partial charge in [-0.2, -0.15) is 0 Å². The molecule has 140 valence electrons. The van der Waals surface area contributed by atoms with Crippen molar-refractivity contribution in [3.8, 4) is 0 Å². The molecule has 27 heavy (non-hydrogen) atoms. The number of nitrogens with one attached hydrogen (secondary N) is 1. The van der Waals surface area contributed by atoms with Gasteiger partial charge in [0.2, 0.25) is 5.91 Å². The van der Waals surface area contributed by atoms with Crippen molar-refractivity contribution >= 4 is 11.8 Å².